The third-order valence-electron chi connectivity index (χ3n) is 1.43. The van der Waals surface area contributed by atoms with Crippen LogP contribution in [-0.4, -0.2) is 10.2 Å². The van der Waals surface area contributed by atoms with Crippen molar-refractivity contribution in [2.75, 3.05) is 5.73 Å². The Balaban J connectivity index is 2.91. The molecule has 1 aromatic heterocycles. The minimum atomic E-state index is 0.180. The van der Waals surface area contributed by atoms with Gasteiger partial charge in [0.15, 0.2) is 5.82 Å². The highest BCUT2D eigenvalue weighted by Crippen LogP contribution is 2.12. The molecule has 64 valence electrons. The van der Waals surface area contributed by atoms with Crippen LogP contribution in [0.4, 0.5) is 5.82 Å². The highest BCUT2D eigenvalue weighted by molar-refractivity contribution is 5.62. The predicted octanol–water partition coefficient (Wildman–Crippen LogP) is 0.790. The number of nitrogens with zero attached hydrogens (tertiary/aromatic N) is 3. The van der Waals surface area contributed by atoms with Crippen molar-refractivity contribution in [3.8, 4) is 12.1 Å². The summed E-state index contributed by atoms with van der Waals surface area (Å²) in [6.07, 6.45) is 3.54. The predicted molar refractivity (Wildman–Crippen MR) is 47.0 cm³/mol. The van der Waals surface area contributed by atoms with Crippen LogP contribution >= 0.6 is 0 Å². The molecule has 0 atom stereocenters. The van der Waals surface area contributed by atoms with Crippen molar-refractivity contribution >= 4 is 11.9 Å². The number of hydrogen-bond acceptors (Lipinski definition) is 4. The third kappa shape index (κ3) is 1.85. The summed E-state index contributed by atoms with van der Waals surface area (Å²) in [5.74, 6) is 0.180. The number of nitrogens with one attached hydrogen (secondary N) is 1. The van der Waals surface area contributed by atoms with E-state index in [9.17, 15) is 0 Å². The molecule has 0 spiro atoms. The molecule has 0 saturated carbocycles. The molecular formula is C8H7N5. The van der Waals surface area contributed by atoms with E-state index in [1.54, 1.807) is 12.2 Å². The highest BCUT2D eigenvalue weighted by atomic mass is 15.2. The van der Waals surface area contributed by atoms with Crippen LogP contribution in [0.15, 0.2) is 6.08 Å². The van der Waals surface area contributed by atoms with E-state index in [2.05, 4.69) is 10.2 Å². The molecule has 1 heterocycles. The van der Waals surface area contributed by atoms with Crippen molar-refractivity contribution in [1.29, 1.82) is 10.5 Å². The van der Waals surface area contributed by atoms with Crippen molar-refractivity contribution < 1.29 is 0 Å². The lowest BCUT2D eigenvalue weighted by molar-refractivity contribution is 1.09. The Hall–Kier alpha value is -2.27. The smallest absolute Gasteiger partial charge is 0.163 e. The number of aromatic amines is 1. The molecule has 0 aliphatic carbocycles. The Bertz CT molecular complexity index is 401. The second-order valence-corrected chi connectivity index (χ2v) is 2.27. The number of nitrogens with two attached hydrogens (primary N) is 1. The SMILES string of the molecule is N#CCC=Cc1[nH]nc(N)c1C#N. The first kappa shape index (κ1) is 8.82. The van der Waals surface area contributed by atoms with E-state index in [4.69, 9.17) is 16.3 Å². The zero-order valence-corrected chi connectivity index (χ0v) is 6.78. The molecule has 0 bridgehead atoms. The number of anilines is 1. The molecule has 0 aliphatic rings. The molecule has 3 N–H and O–H groups in total. The van der Waals surface area contributed by atoms with Gasteiger partial charge in [0.05, 0.1) is 18.2 Å². The van der Waals surface area contributed by atoms with Gasteiger partial charge in [0.25, 0.3) is 0 Å². The lowest BCUT2D eigenvalue weighted by Gasteiger charge is -1.85. The number of aromatic nitrogens is 2. The van der Waals surface area contributed by atoms with Crippen molar-refractivity contribution in [2.45, 2.75) is 6.42 Å². The fourth-order valence-electron chi connectivity index (χ4n) is 0.838. The molecule has 0 radical (unpaired) electrons. The second kappa shape index (κ2) is 3.93. The van der Waals surface area contributed by atoms with E-state index in [1.165, 1.54) is 0 Å². The lowest BCUT2D eigenvalue weighted by atomic mass is 10.2. The Kier molecular flexibility index (Phi) is 2.67. The second-order valence-electron chi connectivity index (χ2n) is 2.27. The van der Waals surface area contributed by atoms with Gasteiger partial charge in [-0.1, -0.05) is 6.08 Å². The fraction of sp³-hybridized carbons (Fsp3) is 0.125. The number of allylic oxidation sites excluding steroid dienone is 1. The summed E-state index contributed by atoms with van der Waals surface area (Å²) in [7, 11) is 0. The minimum Gasteiger partial charge on any atom is -0.381 e. The van der Waals surface area contributed by atoms with E-state index in [-0.39, 0.29) is 5.82 Å². The highest BCUT2D eigenvalue weighted by Gasteiger charge is 2.05. The molecule has 1 rings (SSSR count). The van der Waals surface area contributed by atoms with Gasteiger partial charge in [-0.15, -0.1) is 0 Å². The summed E-state index contributed by atoms with van der Waals surface area (Å²) in [5, 5.41) is 23.2. The van der Waals surface area contributed by atoms with Crippen LogP contribution in [0.3, 0.4) is 0 Å². The van der Waals surface area contributed by atoms with Gasteiger partial charge in [-0.25, -0.2) is 0 Å². The molecular weight excluding hydrogens is 166 g/mol. The molecule has 1 aromatic rings. The van der Waals surface area contributed by atoms with Gasteiger partial charge in [0, 0.05) is 0 Å². The van der Waals surface area contributed by atoms with Crippen LogP contribution in [-0.2, 0) is 0 Å². The molecule has 5 nitrogen and oxygen atoms in total. The number of H-pyrrole nitrogens is 1. The maximum Gasteiger partial charge on any atom is 0.163 e. The summed E-state index contributed by atoms with van der Waals surface area (Å²) in [6.45, 7) is 0. The number of nitriles is 2. The fourth-order valence-corrected chi connectivity index (χ4v) is 0.838. The average molecular weight is 173 g/mol. The zero-order valence-electron chi connectivity index (χ0n) is 6.78. The van der Waals surface area contributed by atoms with Gasteiger partial charge < -0.3 is 5.73 Å². The van der Waals surface area contributed by atoms with Gasteiger partial charge in [0.1, 0.15) is 11.6 Å². The molecule has 0 saturated heterocycles. The van der Waals surface area contributed by atoms with Crippen LogP contribution in [0, 0.1) is 22.7 Å². The summed E-state index contributed by atoms with van der Waals surface area (Å²) in [6, 6.07) is 3.86. The Labute approximate surface area is 75.1 Å². The quantitative estimate of drug-likeness (QED) is 0.690. The van der Waals surface area contributed by atoms with Crippen LogP contribution in [0.5, 0.6) is 0 Å². The van der Waals surface area contributed by atoms with E-state index >= 15 is 0 Å². The van der Waals surface area contributed by atoms with E-state index in [1.807, 2.05) is 12.1 Å². The van der Waals surface area contributed by atoms with Gasteiger partial charge in [-0.05, 0) is 6.08 Å². The molecule has 0 fully saturated rings. The lowest BCUT2D eigenvalue weighted by Crippen LogP contribution is -1.87. The summed E-state index contributed by atoms with van der Waals surface area (Å²) >= 11 is 0. The van der Waals surface area contributed by atoms with E-state index in [0.717, 1.165) is 0 Å². The summed E-state index contributed by atoms with van der Waals surface area (Å²) in [4.78, 5) is 0. The Morgan fingerprint density at radius 1 is 1.54 bits per heavy atom. The van der Waals surface area contributed by atoms with Crippen molar-refractivity contribution in [3.05, 3.63) is 17.3 Å². The zero-order chi connectivity index (χ0) is 9.68. The maximum atomic E-state index is 8.66. The molecule has 0 amide bonds. The van der Waals surface area contributed by atoms with Crippen molar-refractivity contribution in [2.24, 2.45) is 0 Å². The largest absolute Gasteiger partial charge is 0.381 e. The molecule has 13 heavy (non-hydrogen) atoms. The summed E-state index contributed by atoms with van der Waals surface area (Å²) < 4.78 is 0. The monoisotopic (exact) mass is 173 g/mol. The van der Waals surface area contributed by atoms with Crippen LogP contribution in [0.25, 0.3) is 6.08 Å². The van der Waals surface area contributed by atoms with E-state index < -0.39 is 0 Å². The first-order chi connectivity index (χ1) is 6.29. The van der Waals surface area contributed by atoms with Gasteiger partial charge in [0.2, 0.25) is 0 Å². The topological polar surface area (TPSA) is 102 Å². The first-order valence-corrected chi connectivity index (χ1v) is 3.57. The molecule has 0 aliphatic heterocycles. The normalized spacial score (nSPS) is 9.69. The average Bonchev–Trinajstić information content (AvgIpc) is 2.47. The number of hydrogen-bond donors (Lipinski definition) is 2. The summed E-state index contributed by atoms with van der Waals surface area (Å²) in [5.41, 5.74) is 6.24. The standard InChI is InChI=1S/C8H7N5/c9-4-2-1-3-7-6(5-10)8(11)13-12-7/h1,3H,2H2,(H3,11,12,13). The van der Waals surface area contributed by atoms with E-state index in [0.29, 0.717) is 17.7 Å². The van der Waals surface area contributed by atoms with Crippen LogP contribution in [0.1, 0.15) is 17.7 Å². The van der Waals surface area contributed by atoms with Crippen LogP contribution in [0.2, 0.25) is 0 Å². The third-order valence-corrected chi connectivity index (χ3v) is 1.43. The van der Waals surface area contributed by atoms with Gasteiger partial charge >= 0.3 is 0 Å². The maximum absolute atomic E-state index is 8.66. The molecule has 0 aromatic carbocycles. The molecule has 0 unspecified atom stereocenters. The first-order valence-electron chi connectivity index (χ1n) is 3.57. The molecule has 5 heteroatoms. The number of rotatable bonds is 2. The Morgan fingerprint density at radius 3 is 2.92 bits per heavy atom. The van der Waals surface area contributed by atoms with Crippen LogP contribution < -0.4 is 5.73 Å². The van der Waals surface area contributed by atoms with Crippen molar-refractivity contribution in [3.63, 3.8) is 0 Å². The minimum absolute atomic E-state index is 0.180. The van der Waals surface area contributed by atoms with Gasteiger partial charge in [-0.3, -0.25) is 5.10 Å². The van der Waals surface area contributed by atoms with Crippen molar-refractivity contribution in [1.82, 2.24) is 10.2 Å². The Morgan fingerprint density at radius 2 is 2.31 bits per heavy atom. The number of nitrogen functional groups attached to an aromatic ring is 1. The van der Waals surface area contributed by atoms with Gasteiger partial charge in [-0.2, -0.15) is 15.6 Å².